The van der Waals surface area contributed by atoms with E-state index in [2.05, 4.69) is 10.6 Å². The molecule has 0 saturated carbocycles. The Labute approximate surface area is 128 Å². The Kier molecular flexibility index (Phi) is 5.35. The molecule has 0 bridgehead atoms. The minimum Gasteiger partial charge on any atom is -0.492 e. The minimum atomic E-state index is -0.656. The maximum Gasteiger partial charge on any atom is 0.329 e. The zero-order valence-corrected chi connectivity index (χ0v) is 12.3. The van der Waals surface area contributed by atoms with Crippen molar-refractivity contribution in [1.82, 2.24) is 5.32 Å². The lowest BCUT2D eigenvalue weighted by Crippen LogP contribution is -2.36. The van der Waals surface area contributed by atoms with Gasteiger partial charge in [-0.1, -0.05) is 12.1 Å². The van der Waals surface area contributed by atoms with E-state index in [4.69, 9.17) is 9.47 Å². The van der Waals surface area contributed by atoms with Crippen LogP contribution in [-0.4, -0.2) is 37.0 Å². The van der Waals surface area contributed by atoms with Crippen LogP contribution in [0.1, 0.15) is 19.8 Å². The average molecular weight is 306 g/mol. The van der Waals surface area contributed by atoms with Crippen molar-refractivity contribution >= 4 is 23.5 Å². The summed E-state index contributed by atoms with van der Waals surface area (Å²) in [4.78, 5) is 34.5. The van der Waals surface area contributed by atoms with E-state index < -0.39 is 24.5 Å². The van der Waals surface area contributed by atoms with E-state index in [0.717, 1.165) is 0 Å². The summed E-state index contributed by atoms with van der Waals surface area (Å²) in [6.45, 7) is 1.91. The number of carbonyl (C=O) groups is 3. The van der Waals surface area contributed by atoms with Crippen LogP contribution in [0.15, 0.2) is 24.3 Å². The second kappa shape index (κ2) is 7.44. The number of rotatable bonds is 6. The topological polar surface area (TPSA) is 93.7 Å². The van der Waals surface area contributed by atoms with Crippen molar-refractivity contribution < 1.29 is 23.9 Å². The van der Waals surface area contributed by atoms with E-state index in [1.165, 1.54) is 0 Å². The molecule has 7 nitrogen and oxygen atoms in total. The summed E-state index contributed by atoms with van der Waals surface area (Å²) in [7, 11) is 0. The van der Waals surface area contributed by atoms with Crippen LogP contribution in [0.5, 0.6) is 5.75 Å². The lowest BCUT2D eigenvalue weighted by Gasteiger charge is -2.12. The smallest absolute Gasteiger partial charge is 0.329 e. The van der Waals surface area contributed by atoms with E-state index >= 15 is 0 Å². The summed E-state index contributed by atoms with van der Waals surface area (Å²) >= 11 is 0. The largest absolute Gasteiger partial charge is 0.492 e. The van der Waals surface area contributed by atoms with Gasteiger partial charge < -0.3 is 20.1 Å². The Morgan fingerprint density at radius 3 is 2.82 bits per heavy atom. The van der Waals surface area contributed by atoms with Gasteiger partial charge in [-0.2, -0.15) is 0 Å². The summed E-state index contributed by atoms with van der Waals surface area (Å²) < 4.78 is 10.3. The monoisotopic (exact) mass is 306 g/mol. The number of nitrogens with one attached hydrogen (secondary N) is 2. The van der Waals surface area contributed by atoms with Crippen molar-refractivity contribution in [1.29, 1.82) is 0 Å². The van der Waals surface area contributed by atoms with Crippen LogP contribution in [0.3, 0.4) is 0 Å². The van der Waals surface area contributed by atoms with Gasteiger partial charge in [-0.15, -0.1) is 0 Å². The van der Waals surface area contributed by atoms with E-state index in [1.54, 1.807) is 24.3 Å². The zero-order chi connectivity index (χ0) is 15.9. The molecular formula is C15H18N2O5. The van der Waals surface area contributed by atoms with E-state index in [9.17, 15) is 14.4 Å². The predicted molar refractivity (Wildman–Crippen MR) is 78.4 cm³/mol. The highest BCUT2D eigenvalue weighted by molar-refractivity contribution is 5.95. The molecule has 2 amide bonds. The van der Waals surface area contributed by atoms with E-state index in [-0.39, 0.29) is 5.91 Å². The van der Waals surface area contributed by atoms with Gasteiger partial charge in [0, 0.05) is 6.42 Å². The van der Waals surface area contributed by atoms with Crippen LogP contribution in [0, 0.1) is 0 Å². The highest BCUT2D eigenvalue weighted by Gasteiger charge is 2.28. The summed E-state index contributed by atoms with van der Waals surface area (Å²) in [5.74, 6) is -0.700. The number of ether oxygens (including phenoxy) is 2. The number of hydrogen-bond acceptors (Lipinski definition) is 5. The van der Waals surface area contributed by atoms with Gasteiger partial charge in [-0.3, -0.25) is 9.59 Å². The second-order valence-electron chi connectivity index (χ2n) is 4.74. The molecule has 1 atom stereocenters. The van der Waals surface area contributed by atoms with Crippen LogP contribution in [0.4, 0.5) is 5.69 Å². The predicted octanol–water partition coefficient (Wildman–Crippen LogP) is 0.846. The van der Waals surface area contributed by atoms with Gasteiger partial charge in [0.15, 0.2) is 6.61 Å². The fourth-order valence-corrected chi connectivity index (χ4v) is 2.07. The third kappa shape index (κ3) is 4.21. The molecule has 1 aliphatic heterocycles. The van der Waals surface area contributed by atoms with Crippen LogP contribution < -0.4 is 15.4 Å². The van der Waals surface area contributed by atoms with Crippen molar-refractivity contribution in [2.24, 2.45) is 0 Å². The normalized spacial score (nSPS) is 16.8. The molecular weight excluding hydrogens is 288 g/mol. The fourth-order valence-electron chi connectivity index (χ4n) is 2.07. The summed E-state index contributed by atoms with van der Waals surface area (Å²) in [6, 6.07) is 6.33. The SMILES string of the molecule is CCOc1ccccc1NC(=O)COC(=O)[C@@H]1CCC(=O)N1. The highest BCUT2D eigenvalue weighted by atomic mass is 16.5. The number of benzene rings is 1. The average Bonchev–Trinajstić information content (AvgIpc) is 2.94. The zero-order valence-electron chi connectivity index (χ0n) is 12.3. The molecule has 0 aliphatic carbocycles. The Morgan fingerprint density at radius 1 is 1.36 bits per heavy atom. The Morgan fingerprint density at radius 2 is 2.14 bits per heavy atom. The van der Waals surface area contributed by atoms with Gasteiger partial charge in [0.25, 0.3) is 5.91 Å². The van der Waals surface area contributed by atoms with Crippen LogP contribution >= 0.6 is 0 Å². The standard InChI is InChI=1S/C15H18N2O5/c1-2-21-12-6-4-3-5-10(12)16-14(19)9-22-15(20)11-7-8-13(18)17-11/h3-6,11H,2,7-9H2,1H3,(H,16,19)(H,17,18)/t11-/m0/s1. The molecule has 1 aromatic rings. The number of anilines is 1. The molecule has 2 N–H and O–H groups in total. The molecule has 7 heteroatoms. The summed E-state index contributed by atoms with van der Waals surface area (Å²) in [5.41, 5.74) is 0.513. The summed E-state index contributed by atoms with van der Waals surface area (Å²) in [5, 5.41) is 5.11. The van der Waals surface area contributed by atoms with Gasteiger partial charge in [0.05, 0.1) is 12.3 Å². The maximum atomic E-state index is 11.8. The van der Waals surface area contributed by atoms with Crippen molar-refractivity contribution in [2.75, 3.05) is 18.5 Å². The van der Waals surface area contributed by atoms with E-state index in [1.807, 2.05) is 6.92 Å². The number of esters is 1. The van der Waals surface area contributed by atoms with Crippen molar-refractivity contribution in [3.8, 4) is 5.75 Å². The van der Waals surface area contributed by atoms with Gasteiger partial charge in [0.2, 0.25) is 5.91 Å². The first-order chi connectivity index (χ1) is 10.6. The van der Waals surface area contributed by atoms with E-state index in [0.29, 0.717) is 30.9 Å². The highest BCUT2D eigenvalue weighted by Crippen LogP contribution is 2.23. The molecule has 0 spiro atoms. The minimum absolute atomic E-state index is 0.183. The molecule has 1 saturated heterocycles. The lowest BCUT2D eigenvalue weighted by atomic mass is 10.2. The first-order valence-electron chi connectivity index (χ1n) is 7.08. The number of para-hydroxylation sites is 2. The van der Waals surface area contributed by atoms with Gasteiger partial charge >= 0.3 is 5.97 Å². The first kappa shape index (κ1) is 15.8. The Bertz CT molecular complexity index is 573. The molecule has 2 rings (SSSR count). The van der Waals surface area contributed by atoms with Crippen molar-refractivity contribution in [3.63, 3.8) is 0 Å². The molecule has 1 heterocycles. The fraction of sp³-hybridized carbons (Fsp3) is 0.400. The second-order valence-corrected chi connectivity index (χ2v) is 4.74. The summed E-state index contributed by atoms with van der Waals surface area (Å²) in [6.07, 6.45) is 0.695. The Hall–Kier alpha value is -2.57. The molecule has 1 fully saturated rings. The quantitative estimate of drug-likeness (QED) is 0.760. The molecule has 1 aromatic carbocycles. The molecule has 1 aliphatic rings. The van der Waals surface area contributed by atoms with Crippen LogP contribution in [0.2, 0.25) is 0 Å². The molecule has 0 radical (unpaired) electrons. The van der Waals surface area contributed by atoms with Gasteiger partial charge in [-0.05, 0) is 25.5 Å². The molecule has 22 heavy (non-hydrogen) atoms. The van der Waals surface area contributed by atoms with Crippen LogP contribution in [-0.2, 0) is 19.1 Å². The number of amides is 2. The first-order valence-corrected chi connectivity index (χ1v) is 7.08. The van der Waals surface area contributed by atoms with Crippen molar-refractivity contribution in [2.45, 2.75) is 25.8 Å². The third-order valence-electron chi connectivity index (χ3n) is 3.09. The van der Waals surface area contributed by atoms with Gasteiger partial charge in [0.1, 0.15) is 11.8 Å². The lowest BCUT2D eigenvalue weighted by molar-refractivity contribution is -0.149. The van der Waals surface area contributed by atoms with Crippen LogP contribution in [0.25, 0.3) is 0 Å². The van der Waals surface area contributed by atoms with Crippen molar-refractivity contribution in [3.05, 3.63) is 24.3 Å². The maximum absolute atomic E-state index is 11.8. The molecule has 0 aromatic heterocycles. The molecule has 118 valence electrons. The third-order valence-corrected chi connectivity index (χ3v) is 3.09. The Balaban J connectivity index is 1.83. The number of hydrogen-bond donors (Lipinski definition) is 2. The number of carbonyl (C=O) groups excluding carboxylic acids is 3. The van der Waals surface area contributed by atoms with Gasteiger partial charge in [-0.25, -0.2) is 4.79 Å². The molecule has 0 unspecified atom stereocenters.